The highest BCUT2D eigenvalue weighted by Gasteiger charge is 2.35. The van der Waals surface area contributed by atoms with Gasteiger partial charge in [0.1, 0.15) is 11.6 Å². The van der Waals surface area contributed by atoms with Gasteiger partial charge in [0, 0.05) is 11.6 Å². The molecule has 0 heterocycles. The summed E-state index contributed by atoms with van der Waals surface area (Å²) in [5.74, 6) is -1.68. The standard InChI is InChI=1S/C14H8BrF5/c15-13(10-6-5-8(16)7-12(10)17)9-3-1-2-4-11(9)14(18,19)20/h1-7,13H. The monoisotopic (exact) mass is 350 g/mol. The van der Waals surface area contributed by atoms with Crippen LogP contribution >= 0.6 is 15.9 Å². The lowest BCUT2D eigenvalue weighted by Crippen LogP contribution is -2.11. The van der Waals surface area contributed by atoms with Crippen molar-refractivity contribution in [3.05, 3.63) is 70.8 Å². The van der Waals surface area contributed by atoms with Gasteiger partial charge in [0.15, 0.2) is 0 Å². The quantitative estimate of drug-likeness (QED) is 0.497. The summed E-state index contributed by atoms with van der Waals surface area (Å²) >= 11 is 3.05. The third kappa shape index (κ3) is 3.00. The van der Waals surface area contributed by atoms with E-state index in [1.165, 1.54) is 18.2 Å². The Morgan fingerprint density at radius 1 is 0.900 bits per heavy atom. The van der Waals surface area contributed by atoms with Gasteiger partial charge in [-0.2, -0.15) is 13.2 Å². The second-order valence-corrected chi connectivity index (χ2v) is 5.03. The van der Waals surface area contributed by atoms with E-state index in [1.807, 2.05) is 0 Å². The molecule has 0 bridgehead atoms. The Labute approximate surface area is 120 Å². The van der Waals surface area contributed by atoms with Crippen molar-refractivity contribution >= 4 is 15.9 Å². The van der Waals surface area contributed by atoms with E-state index in [4.69, 9.17) is 0 Å². The number of alkyl halides is 4. The van der Waals surface area contributed by atoms with Crippen molar-refractivity contribution in [2.45, 2.75) is 11.0 Å². The third-order valence-electron chi connectivity index (χ3n) is 2.77. The summed E-state index contributed by atoms with van der Waals surface area (Å²) in [5, 5.41) is 0. The summed E-state index contributed by atoms with van der Waals surface area (Å²) < 4.78 is 65.3. The molecule has 0 amide bonds. The lowest BCUT2D eigenvalue weighted by atomic mass is 9.99. The summed E-state index contributed by atoms with van der Waals surface area (Å²) in [4.78, 5) is -1.01. The molecule has 0 aliphatic heterocycles. The van der Waals surface area contributed by atoms with E-state index < -0.39 is 28.2 Å². The van der Waals surface area contributed by atoms with Gasteiger partial charge in [-0.1, -0.05) is 40.2 Å². The lowest BCUT2D eigenvalue weighted by molar-refractivity contribution is -0.138. The maximum Gasteiger partial charge on any atom is 0.416 e. The van der Waals surface area contributed by atoms with Crippen LogP contribution in [0.4, 0.5) is 22.0 Å². The first-order valence-electron chi connectivity index (χ1n) is 5.56. The number of hydrogen-bond acceptors (Lipinski definition) is 0. The largest absolute Gasteiger partial charge is 0.416 e. The maximum absolute atomic E-state index is 13.7. The summed E-state index contributed by atoms with van der Waals surface area (Å²) in [6.07, 6.45) is -4.54. The van der Waals surface area contributed by atoms with Crippen molar-refractivity contribution in [1.29, 1.82) is 0 Å². The van der Waals surface area contributed by atoms with Crippen LogP contribution in [0.5, 0.6) is 0 Å². The van der Waals surface area contributed by atoms with Crippen LogP contribution in [-0.4, -0.2) is 0 Å². The number of hydrogen-bond donors (Lipinski definition) is 0. The molecule has 0 aliphatic carbocycles. The van der Waals surface area contributed by atoms with E-state index in [0.717, 1.165) is 18.2 Å². The van der Waals surface area contributed by atoms with Crippen LogP contribution in [0.1, 0.15) is 21.5 Å². The first kappa shape index (κ1) is 15.0. The first-order valence-corrected chi connectivity index (χ1v) is 6.47. The molecule has 0 aromatic heterocycles. The van der Waals surface area contributed by atoms with Gasteiger partial charge < -0.3 is 0 Å². The van der Waals surface area contributed by atoms with Crippen LogP contribution in [0.2, 0.25) is 0 Å². The molecule has 20 heavy (non-hydrogen) atoms. The number of benzene rings is 2. The van der Waals surface area contributed by atoms with Crippen molar-refractivity contribution in [2.24, 2.45) is 0 Å². The Morgan fingerprint density at radius 3 is 2.15 bits per heavy atom. The van der Waals surface area contributed by atoms with E-state index in [2.05, 4.69) is 15.9 Å². The minimum Gasteiger partial charge on any atom is -0.207 e. The zero-order valence-electron chi connectivity index (χ0n) is 9.89. The van der Waals surface area contributed by atoms with Crippen LogP contribution in [0.15, 0.2) is 42.5 Å². The van der Waals surface area contributed by atoms with E-state index in [0.29, 0.717) is 6.07 Å². The van der Waals surface area contributed by atoms with Gasteiger partial charge in [-0.3, -0.25) is 0 Å². The Bertz CT molecular complexity index is 621. The molecule has 1 atom stereocenters. The van der Waals surface area contributed by atoms with Crippen molar-refractivity contribution in [2.75, 3.05) is 0 Å². The molecular formula is C14H8BrF5. The molecule has 0 fully saturated rings. The molecule has 0 saturated heterocycles. The first-order chi connectivity index (χ1) is 9.30. The molecule has 1 unspecified atom stereocenters. The second kappa shape index (κ2) is 5.52. The normalized spacial score (nSPS) is 13.3. The zero-order valence-corrected chi connectivity index (χ0v) is 11.5. The van der Waals surface area contributed by atoms with Gasteiger partial charge in [-0.25, -0.2) is 8.78 Å². The Hall–Kier alpha value is -1.43. The third-order valence-corrected chi connectivity index (χ3v) is 3.76. The van der Waals surface area contributed by atoms with Gasteiger partial charge in [-0.05, 0) is 17.7 Å². The van der Waals surface area contributed by atoms with Gasteiger partial charge in [-0.15, -0.1) is 0 Å². The molecule has 0 nitrogen and oxygen atoms in total. The van der Waals surface area contributed by atoms with Crippen LogP contribution in [0, 0.1) is 11.6 Å². The molecule has 106 valence electrons. The van der Waals surface area contributed by atoms with Crippen LogP contribution in [-0.2, 0) is 6.18 Å². The van der Waals surface area contributed by atoms with E-state index in [1.54, 1.807) is 0 Å². The number of halogens is 6. The van der Waals surface area contributed by atoms with Crippen molar-refractivity contribution < 1.29 is 22.0 Å². The minimum absolute atomic E-state index is 0.0527. The lowest BCUT2D eigenvalue weighted by Gasteiger charge is -2.17. The molecule has 0 N–H and O–H groups in total. The van der Waals surface area contributed by atoms with Crippen LogP contribution < -0.4 is 0 Å². The topological polar surface area (TPSA) is 0 Å². The molecule has 0 radical (unpaired) electrons. The summed E-state index contributed by atoms with van der Waals surface area (Å²) in [6.45, 7) is 0. The predicted octanol–water partition coefficient (Wildman–Crippen LogP) is 5.47. The molecule has 0 spiro atoms. The maximum atomic E-state index is 13.7. The fraction of sp³-hybridized carbons (Fsp3) is 0.143. The summed E-state index contributed by atoms with van der Waals surface area (Å²) in [5.41, 5.74) is -1.03. The van der Waals surface area contributed by atoms with Crippen LogP contribution in [0.3, 0.4) is 0 Å². The SMILES string of the molecule is Fc1ccc(C(Br)c2ccccc2C(F)(F)F)c(F)c1. The van der Waals surface area contributed by atoms with Gasteiger partial charge in [0.25, 0.3) is 0 Å². The Kier molecular flexibility index (Phi) is 4.13. The second-order valence-electron chi connectivity index (χ2n) is 4.11. The smallest absolute Gasteiger partial charge is 0.207 e. The van der Waals surface area contributed by atoms with Crippen LogP contribution in [0.25, 0.3) is 0 Å². The molecule has 2 aromatic carbocycles. The molecule has 0 saturated carbocycles. The summed E-state index contributed by atoms with van der Waals surface area (Å²) in [7, 11) is 0. The summed E-state index contributed by atoms with van der Waals surface area (Å²) in [6, 6.07) is 7.63. The molecule has 2 rings (SSSR count). The molecule has 0 aliphatic rings. The van der Waals surface area contributed by atoms with E-state index in [-0.39, 0.29) is 11.1 Å². The van der Waals surface area contributed by atoms with Crippen molar-refractivity contribution in [3.8, 4) is 0 Å². The van der Waals surface area contributed by atoms with E-state index in [9.17, 15) is 22.0 Å². The molecule has 6 heteroatoms. The molecule has 2 aromatic rings. The minimum atomic E-state index is -4.54. The molecular weight excluding hydrogens is 343 g/mol. The van der Waals surface area contributed by atoms with Crippen molar-refractivity contribution in [3.63, 3.8) is 0 Å². The zero-order chi connectivity index (χ0) is 14.9. The number of rotatable bonds is 2. The van der Waals surface area contributed by atoms with Gasteiger partial charge >= 0.3 is 6.18 Å². The average molecular weight is 351 g/mol. The highest BCUT2D eigenvalue weighted by molar-refractivity contribution is 9.09. The van der Waals surface area contributed by atoms with E-state index >= 15 is 0 Å². The Morgan fingerprint density at radius 2 is 1.55 bits per heavy atom. The van der Waals surface area contributed by atoms with Crippen molar-refractivity contribution in [1.82, 2.24) is 0 Å². The fourth-order valence-electron chi connectivity index (χ4n) is 1.85. The highest BCUT2D eigenvalue weighted by atomic mass is 79.9. The van der Waals surface area contributed by atoms with Gasteiger partial charge in [0.2, 0.25) is 0 Å². The highest BCUT2D eigenvalue weighted by Crippen LogP contribution is 2.40. The Balaban J connectivity index is 2.51. The predicted molar refractivity (Wildman–Crippen MR) is 68.6 cm³/mol. The average Bonchev–Trinajstić information content (AvgIpc) is 2.37. The van der Waals surface area contributed by atoms with Gasteiger partial charge in [0.05, 0.1) is 10.4 Å². The fourth-order valence-corrected chi connectivity index (χ4v) is 2.62.